The second-order valence-corrected chi connectivity index (χ2v) is 7.41. The van der Waals surface area contributed by atoms with Crippen molar-refractivity contribution in [2.24, 2.45) is 5.92 Å². The van der Waals surface area contributed by atoms with E-state index in [0.29, 0.717) is 43.1 Å². The molecule has 1 N–H and O–H groups in total. The highest BCUT2D eigenvalue weighted by Crippen LogP contribution is 2.31. The van der Waals surface area contributed by atoms with E-state index in [9.17, 15) is 13.6 Å². The third kappa shape index (κ3) is 3.37. The van der Waals surface area contributed by atoms with Crippen molar-refractivity contribution in [1.82, 2.24) is 15.1 Å². The number of aromatic nitrogens is 2. The SMILES string of the molecule is O=C(CCC1CCCC1)N1CCc2[nH]nc(-c3ccc(F)c(F)c3)c2C1. The predicted molar refractivity (Wildman–Crippen MR) is 94.3 cm³/mol. The average Bonchev–Trinajstić information content (AvgIpc) is 3.31. The van der Waals surface area contributed by atoms with Gasteiger partial charge in [-0.1, -0.05) is 25.7 Å². The maximum absolute atomic E-state index is 13.6. The van der Waals surface area contributed by atoms with Crippen LogP contribution >= 0.6 is 0 Å². The van der Waals surface area contributed by atoms with Gasteiger partial charge in [-0.15, -0.1) is 0 Å². The molecule has 1 saturated carbocycles. The molecular formula is C20H23F2N3O. The molecule has 4 nitrogen and oxygen atoms in total. The van der Waals surface area contributed by atoms with E-state index in [1.807, 2.05) is 4.90 Å². The van der Waals surface area contributed by atoms with E-state index in [2.05, 4.69) is 10.2 Å². The molecule has 0 atom stereocenters. The lowest BCUT2D eigenvalue weighted by Crippen LogP contribution is -2.36. The zero-order valence-corrected chi connectivity index (χ0v) is 14.7. The molecule has 0 unspecified atom stereocenters. The Balaban J connectivity index is 1.48. The highest BCUT2D eigenvalue weighted by Gasteiger charge is 2.26. The lowest BCUT2D eigenvalue weighted by molar-refractivity contribution is -0.132. The van der Waals surface area contributed by atoms with Crippen LogP contribution in [0.4, 0.5) is 8.78 Å². The zero-order chi connectivity index (χ0) is 18.1. The molecular weight excluding hydrogens is 336 g/mol. The first-order valence-corrected chi connectivity index (χ1v) is 9.41. The minimum Gasteiger partial charge on any atom is -0.338 e. The van der Waals surface area contributed by atoms with E-state index in [-0.39, 0.29) is 5.91 Å². The van der Waals surface area contributed by atoms with Crippen LogP contribution in [0, 0.1) is 17.6 Å². The Kier molecular flexibility index (Phi) is 4.74. The maximum Gasteiger partial charge on any atom is 0.222 e. The van der Waals surface area contributed by atoms with Gasteiger partial charge < -0.3 is 4.90 Å². The second-order valence-electron chi connectivity index (χ2n) is 7.41. The molecule has 138 valence electrons. The average molecular weight is 359 g/mol. The first-order valence-electron chi connectivity index (χ1n) is 9.41. The summed E-state index contributed by atoms with van der Waals surface area (Å²) in [5.74, 6) is -0.882. The number of amides is 1. The number of aromatic amines is 1. The number of benzene rings is 1. The van der Waals surface area contributed by atoms with Gasteiger partial charge in [0.2, 0.25) is 5.91 Å². The fourth-order valence-electron chi connectivity index (χ4n) is 4.17. The number of fused-ring (bicyclic) bond motifs is 1. The molecule has 26 heavy (non-hydrogen) atoms. The minimum atomic E-state index is -0.889. The van der Waals surface area contributed by atoms with Crippen molar-refractivity contribution in [3.63, 3.8) is 0 Å². The van der Waals surface area contributed by atoms with Crippen LogP contribution in [0.3, 0.4) is 0 Å². The van der Waals surface area contributed by atoms with Crippen molar-refractivity contribution in [3.05, 3.63) is 41.1 Å². The van der Waals surface area contributed by atoms with Gasteiger partial charge in [0.15, 0.2) is 11.6 Å². The molecule has 0 spiro atoms. The van der Waals surface area contributed by atoms with E-state index < -0.39 is 11.6 Å². The standard InChI is InChI=1S/C20H23F2N3O/c21-16-7-6-14(11-17(16)22)20-15-12-25(10-9-18(15)23-24-20)19(26)8-5-13-3-1-2-4-13/h6-7,11,13H,1-5,8-10,12H2,(H,23,24). The molecule has 2 aromatic rings. The van der Waals surface area contributed by atoms with Crippen molar-refractivity contribution < 1.29 is 13.6 Å². The number of carbonyl (C=O) groups excluding carboxylic acids is 1. The van der Waals surface area contributed by atoms with Crippen LogP contribution in [-0.4, -0.2) is 27.5 Å². The number of nitrogens with one attached hydrogen (secondary N) is 1. The number of halogens is 2. The summed E-state index contributed by atoms with van der Waals surface area (Å²) in [6, 6.07) is 3.79. The van der Waals surface area contributed by atoms with Crippen LogP contribution in [0.15, 0.2) is 18.2 Å². The summed E-state index contributed by atoms with van der Waals surface area (Å²) in [7, 11) is 0. The summed E-state index contributed by atoms with van der Waals surface area (Å²) in [4.78, 5) is 14.5. The van der Waals surface area contributed by atoms with Crippen LogP contribution in [0.1, 0.15) is 49.8 Å². The molecule has 2 heterocycles. The maximum atomic E-state index is 13.6. The van der Waals surface area contributed by atoms with Gasteiger partial charge in [-0.25, -0.2) is 8.78 Å². The highest BCUT2D eigenvalue weighted by atomic mass is 19.2. The van der Waals surface area contributed by atoms with Crippen LogP contribution < -0.4 is 0 Å². The first-order chi connectivity index (χ1) is 12.6. The number of carbonyl (C=O) groups is 1. The molecule has 4 rings (SSSR count). The lowest BCUT2D eigenvalue weighted by Gasteiger charge is -2.27. The third-order valence-electron chi connectivity index (χ3n) is 5.72. The van der Waals surface area contributed by atoms with Gasteiger partial charge in [-0.05, 0) is 30.5 Å². The molecule has 1 aliphatic carbocycles. The number of rotatable bonds is 4. The Morgan fingerprint density at radius 1 is 1.23 bits per heavy atom. The Labute approximate surface area is 151 Å². The largest absolute Gasteiger partial charge is 0.338 e. The monoisotopic (exact) mass is 359 g/mol. The topological polar surface area (TPSA) is 49.0 Å². The van der Waals surface area contributed by atoms with E-state index in [1.54, 1.807) is 0 Å². The highest BCUT2D eigenvalue weighted by molar-refractivity contribution is 5.77. The molecule has 6 heteroatoms. The molecule has 0 bridgehead atoms. The zero-order valence-electron chi connectivity index (χ0n) is 14.7. The molecule has 0 radical (unpaired) electrons. The van der Waals surface area contributed by atoms with Crippen LogP contribution in [0.25, 0.3) is 11.3 Å². The van der Waals surface area contributed by atoms with E-state index >= 15 is 0 Å². The lowest BCUT2D eigenvalue weighted by atomic mass is 9.99. The van der Waals surface area contributed by atoms with Crippen molar-refractivity contribution in [3.8, 4) is 11.3 Å². The number of hydrogen-bond acceptors (Lipinski definition) is 2. The van der Waals surface area contributed by atoms with Crippen LogP contribution in [0.5, 0.6) is 0 Å². The fraction of sp³-hybridized carbons (Fsp3) is 0.500. The Bertz CT molecular complexity index is 811. The van der Waals surface area contributed by atoms with E-state index in [4.69, 9.17) is 0 Å². The van der Waals surface area contributed by atoms with Gasteiger partial charge in [-0.3, -0.25) is 9.89 Å². The van der Waals surface area contributed by atoms with Gasteiger partial charge in [0.25, 0.3) is 0 Å². The number of H-pyrrole nitrogens is 1. The first kappa shape index (κ1) is 17.2. The van der Waals surface area contributed by atoms with Gasteiger partial charge >= 0.3 is 0 Å². The van der Waals surface area contributed by atoms with Crippen LogP contribution in [0.2, 0.25) is 0 Å². The predicted octanol–water partition coefficient (Wildman–Crippen LogP) is 4.21. The minimum absolute atomic E-state index is 0.181. The molecule has 1 fully saturated rings. The van der Waals surface area contributed by atoms with Gasteiger partial charge in [0.05, 0.1) is 5.69 Å². The van der Waals surface area contributed by atoms with Crippen molar-refractivity contribution in [2.45, 2.75) is 51.5 Å². The molecule has 0 saturated heterocycles. The Morgan fingerprint density at radius 2 is 2.04 bits per heavy atom. The van der Waals surface area contributed by atoms with Crippen molar-refractivity contribution >= 4 is 5.91 Å². The quantitative estimate of drug-likeness (QED) is 0.889. The second kappa shape index (κ2) is 7.17. The Morgan fingerprint density at radius 3 is 2.81 bits per heavy atom. The summed E-state index contributed by atoms with van der Waals surface area (Å²) in [6.07, 6.45) is 7.36. The van der Waals surface area contributed by atoms with E-state index in [1.165, 1.54) is 31.7 Å². The smallest absolute Gasteiger partial charge is 0.222 e. The Hall–Kier alpha value is -2.24. The molecule has 1 aliphatic heterocycles. The molecule has 1 aromatic heterocycles. The van der Waals surface area contributed by atoms with Crippen molar-refractivity contribution in [2.75, 3.05) is 6.54 Å². The molecule has 1 aromatic carbocycles. The van der Waals surface area contributed by atoms with Gasteiger partial charge in [0, 0.05) is 42.8 Å². The van der Waals surface area contributed by atoms with Gasteiger partial charge in [0.1, 0.15) is 0 Å². The summed E-state index contributed by atoms with van der Waals surface area (Å²) in [5.41, 5.74) is 3.02. The summed E-state index contributed by atoms with van der Waals surface area (Å²) in [6.45, 7) is 1.15. The number of nitrogens with zero attached hydrogens (tertiary/aromatic N) is 2. The summed E-state index contributed by atoms with van der Waals surface area (Å²) >= 11 is 0. The summed E-state index contributed by atoms with van der Waals surface area (Å²) in [5, 5.41) is 7.28. The third-order valence-corrected chi connectivity index (χ3v) is 5.72. The fourth-order valence-corrected chi connectivity index (χ4v) is 4.17. The molecule has 2 aliphatic rings. The number of hydrogen-bond donors (Lipinski definition) is 1. The normalized spacial score (nSPS) is 17.5. The van der Waals surface area contributed by atoms with Crippen LogP contribution in [-0.2, 0) is 17.8 Å². The molecule has 1 amide bonds. The van der Waals surface area contributed by atoms with Crippen molar-refractivity contribution in [1.29, 1.82) is 0 Å². The van der Waals surface area contributed by atoms with E-state index in [0.717, 1.165) is 29.8 Å². The van der Waals surface area contributed by atoms with Gasteiger partial charge in [-0.2, -0.15) is 5.10 Å². The summed E-state index contributed by atoms with van der Waals surface area (Å²) < 4.78 is 26.8.